The van der Waals surface area contributed by atoms with Crippen molar-refractivity contribution in [2.45, 2.75) is 39.2 Å². The van der Waals surface area contributed by atoms with Gasteiger partial charge >= 0.3 is 5.97 Å². The summed E-state index contributed by atoms with van der Waals surface area (Å²) in [6.45, 7) is 4.77. The summed E-state index contributed by atoms with van der Waals surface area (Å²) in [5, 5.41) is 11.9. The molecule has 2 N–H and O–H groups in total. The fraction of sp³-hybridized carbons (Fsp3) is 0.500. The first-order valence-electron chi connectivity index (χ1n) is 7.35. The second kappa shape index (κ2) is 9.13. The summed E-state index contributed by atoms with van der Waals surface area (Å²) in [5.41, 5.74) is 0.804. The lowest BCUT2D eigenvalue weighted by atomic mass is 10.2. The fourth-order valence-corrected chi connectivity index (χ4v) is 1.90. The zero-order valence-corrected chi connectivity index (χ0v) is 12.7. The van der Waals surface area contributed by atoms with Crippen LogP contribution < -0.4 is 10.2 Å². The maximum atomic E-state index is 12.4. The van der Waals surface area contributed by atoms with E-state index in [1.807, 2.05) is 37.3 Å². The third-order valence-corrected chi connectivity index (χ3v) is 3.36. The molecule has 1 aromatic carbocycles. The molecule has 0 saturated carbocycles. The van der Waals surface area contributed by atoms with Crippen molar-refractivity contribution in [2.75, 3.05) is 18.0 Å². The summed E-state index contributed by atoms with van der Waals surface area (Å²) >= 11 is 0. The number of carbonyl (C=O) groups excluding carboxylic acids is 1. The Bertz CT molecular complexity index is 448. The summed E-state index contributed by atoms with van der Waals surface area (Å²) in [6.07, 6.45) is 1.46. The zero-order chi connectivity index (χ0) is 15.7. The molecule has 0 aromatic heterocycles. The normalized spacial score (nSPS) is 11.9. The van der Waals surface area contributed by atoms with Crippen LogP contribution in [-0.2, 0) is 9.59 Å². The van der Waals surface area contributed by atoms with Gasteiger partial charge in [0.25, 0.3) is 0 Å². The average molecular weight is 292 g/mol. The first-order valence-corrected chi connectivity index (χ1v) is 7.35. The lowest BCUT2D eigenvalue weighted by molar-refractivity contribution is -0.137. The highest BCUT2D eigenvalue weighted by molar-refractivity contribution is 5.94. The van der Waals surface area contributed by atoms with Crippen molar-refractivity contribution in [1.82, 2.24) is 5.32 Å². The topological polar surface area (TPSA) is 69.6 Å². The number of rotatable bonds is 9. The summed E-state index contributed by atoms with van der Waals surface area (Å²) in [4.78, 5) is 24.6. The van der Waals surface area contributed by atoms with E-state index in [0.717, 1.165) is 12.1 Å². The highest BCUT2D eigenvalue weighted by atomic mass is 16.4. The molecular weight excluding hydrogens is 268 g/mol. The van der Waals surface area contributed by atoms with Crippen molar-refractivity contribution in [3.63, 3.8) is 0 Å². The first kappa shape index (κ1) is 17.2. The van der Waals surface area contributed by atoms with Crippen LogP contribution in [0.1, 0.15) is 33.1 Å². The second-order valence-electron chi connectivity index (χ2n) is 5.07. The van der Waals surface area contributed by atoms with E-state index >= 15 is 0 Å². The number of carboxylic acid groups (broad SMARTS) is 1. The molecule has 0 bridgehead atoms. The van der Waals surface area contributed by atoms with E-state index in [1.165, 1.54) is 0 Å². The number of carbonyl (C=O) groups is 2. The molecule has 1 rings (SSSR count). The minimum absolute atomic E-state index is 0.0353. The maximum Gasteiger partial charge on any atom is 0.303 e. The van der Waals surface area contributed by atoms with Crippen LogP contribution in [0.5, 0.6) is 0 Å². The van der Waals surface area contributed by atoms with Crippen LogP contribution >= 0.6 is 0 Å². The molecule has 116 valence electrons. The van der Waals surface area contributed by atoms with Crippen LogP contribution in [0, 0.1) is 0 Å². The molecule has 0 aliphatic rings. The predicted octanol–water partition coefficient (Wildman–Crippen LogP) is 2.27. The van der Waals surface area contributed by atoms with Crippen LogP contribution in [0.4, 0.5) is 5.69 Å². The monoisotopic (exact) mass is 292 g/mol. The average Bonchev–Trinajstić information content (AvgIpc) is 2.49. The van der Waals surface area contributed by atoms with Gasteiger partial charge in [0.1, 0.15) is 0 Å². The predicted molar refractivity (Wildman–Crippen MR) is 83.4 cm³/mol. The van der Waals surface area contributed by atoms with Gasteiger partial charge in [-0.1, -0.05) is 25.1 Å². The molecule has 0 radical (unpaired) electrons. The number of para-hydroxylation sites is 1. The first-order chi connectivity index (χ1) is 10.0. The van der Waals surface area contributed by atoms with Crippen LogP contribution in [0.3, 0.4) is 0 Å². The quantitative estimate of drug-likeness (QED) is 0.732. The SMILES string of the molecule is CCC(C)NCC(=O)N(CCCC(=O)O)c1ccccc1. The molecule has 0 aliphatic carbocycles. The number of nitrogens with one attached hydrogen (secondary N) is 1. The standard InChI is InChI=1S/C16H24N2O3/c1-3-13(2)17-12-15(19)18(11-7-10-16(20)21)14-8-5-4-6-9-14/h4-6,8-9,13,17H,3,7,10-12H2,1-2H3,(H,20,21). The summed E-state index contributed by atoms with van der Waals surface area (Å²) in [7, 11) is 0. The Morgan fingerprint density at radius 1 is 1.29 bits per heavy atom. The minimum atomic E-state index is -0.840. The Morgan fingerprint density at radius 3 is 2.52 bits per heavy atom. The van der Waals surface area contributed by atoms with E-state index < -0.39 is 5.97 Å². The van der Waals surface area contributed by atoms with E-state index in [2.05, 4.69) is 12.2 Å². The Morgan fingerprint density at radius 2 is 1.95 bits per heavy atom. The fourth-order valence-electron chi connectivity index (χ4n) is 1.90. The van der Waals surface area contributed by atoms with Gasteiger partial charge in [-0.3, -0.25) is 9.59 Å². The molecular formula is C16H24N2O3. The number of aliphatic carboxylic acids is 1. The Hall–Kier alpha value is -1.88. The molecule has 1 atom stereocenters. The van der Waals surface area contributed by atoms with Gasteiger partial charge in [-0.2, -0.15) is 0 Å². The van der Waals surface area contributed by atoms with Crippen LogP contribution in [0.25, 0.3) is 0 Å². The minimum Gasteiger partial charge on any atom is -0.481 e. The molecule has 5 nitrogen and oxygen atoms in total. The van der Waals surface area contributed by atoms with Gasteiger partial charge in [0.2, 0.25) is 5.91 Å². The third kappa shape index (κ3) is 6.40. The van der Waals surface area contributed by atoms with Crippen molar-refractivity contribution in [2.24, 2.45) is 0 Å². The Balaban J connectivity index is 2.67. The zero-order valence-electron chi connectivity index (χ0n) is 12.7. The summed E-state index contributed by atoms with van der Waals surface area (Å²) in [5.74, 6) is -0.875. The van der Waals surface area contributed by atoms with Crippen LogP contribution in [0.15, 0.2) is 30.3 Å². The van der Waals surface area contributed by atoms with Crippen molar-refractivity contribution in [3.8, 4) is 0 Å². The highest BCUT2D eigenvalue weighted by Crippen LogP contribution is 2.14. The molecule has 0 saturated heterocycles. The van der Waals surface area contributed by atoms with Crippen molar-refractivity contribution >= 4 is 17.6 Å². The van der Waals surface area contributed by atoms with E-state index in [4.69, 9.17) is 5.11 Å². The Kier molecular flexibility index (Phi) is 7.46. The number of hydrogen-bond donors (Lipinski definition) is 2. The lowest BCUT2D eigenvalue weighted by Crippen LogP contribution is -2.41. The highest BCUT2D eigenvalue weighted by Gasteiger charge is 2.16. The largest absolute Gasteiger partial charge is 0.481 e. The Labute approximate surface area is 126 Å². The van der Waals surface area contributed by atoms with Gasteiger partial charge in [-0.05, 0) is 31.9 Å². The van der Waals surface area contributed by atoms with Gasteiger partial charge in [0.05, 0.1) is 6.54 Å². The molecule has 0 fully saturated rings. The van der Waals surface area contributed by atoms with Gasteiger partial charge < -0.3 is 15.3 Å². The van der Waals surface area contributed by atoms with Crippen LogP contribution in [-0.4, -0.2) is 36.1 Å². The molecule has 0 heterocycles. The number of nitrogens with zero attached hydrogens (tertiary/aromatic N) is 1. The van der Waals surface area contributed by atoms with E-state index in [0.29, 0.717) is 13.0 Å². The molecule has 21 heavy (non-hydrogen) atoms. The number of hydrogen-bond acceptors (Lipinski definition) is 3. The molecule has 1 unspecified atom stereocenters. The maximum absolute atomic E-state index is 12.4. The van der Waals surface area contributed by atoms with E-state index in [-0.39, 0.29) is 24.9 Å². The smallest absolute Gasteiger partial charge is 0.303 e. The van der Waals surface area contributed by atoms with Crippen molar-refractivity contribution in [3.05, 3.63) is 30.3 Å². The molecule has 0 spiro atoms. The summed E-state index contributed by atoms with van der Waals surface area (Å²) in [6, 6.07) is 9.64. The van der Waals surface area contributed by atoms with E-state index in [9.17, 15) is 9.59 Å². The molecule has 1 aromatic rings. The number of amides is 1. The van der Waals surface area contributed by atoms with Crippen molar-refractivity contribution < 1.29 is 14.7 Å². The molecule has 1 amide bonds. The summed E-state index contributed by atoms with van der Waals surface area (Å²) < 4.78 is 0. The van der Waals surface area contributed by atoms with Crippen molar-refractivity contribution in [1.29, 1.82) is 0 Å². The van der Waals surface area contributed by atoms with Crippen LogP contribution in [0.2, 0.25) is 0 Å². The number of benzene rings is 1. The second-order valence-corrected chi connectivity index (χ2v) is 5.07. The number of carboxylic acids is 1. The lowest BCUT2D eigenvalue weighted by Gasteiger charge is -2.23. The third-order valence-electron chi connectivity index (χ3n) is 3.36. The number of anilines is 1. The molecule has 5 heteroatoms. The molecule has 0 aliphatic heterocycles. The van der Waals surface area contributed by atoms with Gasteiger partial charge in [0, 0.05) is 24.7 Å². The van der Waals surface area contributed by atoms with E-state index in [1.54, 1.807) is 4.90 Å². The van der Waals surface area contributed by atoms with Gasteiger partial charge in [0.15, 0.2) is 0 Å². The van der Waals surface area contributed by atoms with Gasteiger partial charge in [-0.15, -0.1) is 0 Å². The van der Waals surface area contributed by atoms with Gasteiger partial charge in [-0.25, -0.2) is 0 Å².